The topological polar surface area (TPSA) is 37.4 Å². The molecule has 2 aliphatic rings. The van der Waals surface area contributed by atoms with Crippen LogP contribution in [-0.4, -0.2) is 22.8 Å². The molecule has 1 aliphatic carbocycles. The van der Waals surface area contributed by atoms with E-state index in [1.807, 2.05) is 30.3 Å². The van der Waals surface area contributed by atoms with Gasteiger partial charge in [0.2, 0.25) is 0 Å². The van der Waals surface area contributed by atoms with E-state index in [4.69, 9.17) is 0 Å². The fraction of sp³-hybridized carbons (Fsp3) is 0.273. The molecule has 1 fully saturated rings. The fourth-order valence-corrected chi connectivity index (χ4v) is 4.79. The number of nitrogens with zero attached hydrogens (tertiary/aromatic N) is 1. The van der Waals surface area contributed by atoms with E-state index >= 15 is 0 Å². The highest BCUT2D eigenvalue weighted by Crippen LogP contribution is 2.41. The maximum absolute atomic E-state index is 13.4. The molecule has 138 valence electrons. The summed E-state index contributed by atoms with van der Waals surface area (Å²) in [4.78, 5) is 29.2. The number of carbonyl (C=O) groups excluding carboxylic acids is 2. The molecule has 3 nitrogen and oxygen atoms in total. The highest BCUT2D eigenvalue weighted by atomic mass is 32.2. The first-order chi connectivity index (χ1) is 13.1. The Bertz CT molecular complexity index is 886. The molecule has 2 aromatic rings. The first kappa shape index (κ1) is 18.0. The Morgan fingerprint density at radius 1 is 0.852 bits per heavy atom. The Morgan fingerprint density at radius 2 is 1.52 bits per heavy atom. The van der Waals surface area contributed by atoms with E-state index in [1.165, 1.54) is 28.8 Å². The van der Waals surface area contributed by atoms with Crippen LogP contribution in [0.5, 0.6) is 0 Å². The fourth-order valence-electron chi connectivity index (χ4n) is 3.77. The molecule has 0 unspecified atom stereocenters. The van der Waals surface area contributed by atoms with Gasteiger partial charge in [0.15, 0.2) is 0 Å². The van der Waals surface area contributed by atoms with Gasteiger partial charge in [-0.2, -0.15) is 0 Å². The van der Waals surface area contributed by atoms with Crippen LogP contribution < -0.4 is 0 Å². The molecule has 0 atom stereocenters. The molecule has 2 aromatic carbocycles. The second kappa shape index (κ2) is 7.69. The summed E-state index contributed by atoms with van der Waals surface area (Å²) in [5.74, 6) is -0.838. The molecule has 0 spiro atoms. The molecule has 0 radical (unpaired) electrons. The molecule has 4 rings (SSSR count). The van der Waals surface area contributed by atoms with E-state index in [-0.39, 0.29) is 23.7 Å². The van der Waals surface area contributed by atoms with Crippen LogP contribution in [-0.2, 0) is 9.59 Å². The molecule has 0 N–H and O–H groups in total. The number of benzene rings is 2. The van der Waals surface area contributed by atoms with Gasteiger partial charge in [0.25, 0.3) is 11.8 Å². The number of hydrogen-bond donors (Lipinski definition) is 0. The van der Waals surface area contributed by atoms with Crippen LogP contribution in [0, 0.1) is 5.82 Å². The zero-order chi connectivity index (χ0) is 18.8. The van der Waals surface area contributed by atoms with E-state index in [2.05, 4.69) is 0 Å². The standard InChI is InChI=1S/C22H20FNO2S/c23-16-13-11-15(12-14-16)19-20(27-18-9-5-2-6-10-18)22(26)24(21(19)25)17-7-3-1-4-8-17/h2,5-6,9-14,17H,1,3-4,7-8H2. The summed E-state index contributed by atoms with van der Waals surface area (Å²) in [6.07, 6.45) is 4.94. The van der Waals surface area contributed by atoms with Gasteiger partial charge in [0.05, 0.1) is 10.5 Å². The molecular weight excluding hydrogens is 361 g/mol. The number of carbonyl (C=O) groups is 2. The van der Waals surface area contributed by atoms with Crippen LogP contribution in [0.15, 0.2) is 64.4 Å². The number of halogens is 1. The van der Waals surface area contributed by atoms with Gasteiger partial charge in [0, 0.05) is 10.9 Å². The molecule has 1 saturated carbocycles. The Labute approximate surface area is 162 Å². The van der Waals surface area contributed by atoms with Gasteiger partial charge in [-0.25, -0.2) is 4.39 Å². The van der Waals surface area contributed by atoms with Gasteiger partial charge in [-0.3, -0.25) is 14.5 Å². The van der Waals surface area contributed by atoms with Crippen LogP contribution in [0.25, 0.3) is 5.57 Å². The van der Waals surface area contributed by atoms with Crippen LogP contribution in [0.1, 0.15) is 37.7 Å². The predicted molar refractivity (Wildman–Crippen MR) is 104 cm³/mol. The molecule has 0 aromatic heterocycles. The van der Waals surface area contributed by atoms with E-state index in [1.54, 1.807) is 12.1 Å². The molecular formula is C22H20FNO2S. The summed E-state index contributed by atoms with van der Waals surface area (Å²) in [7, 11) is 0. The zero-order valence-electron chi connectivity index (χ0n) is 14.9. The van der Waals surface area contributed by atoms with Crippen molar-refractivity contribution in [3.63, 3.8) is 0 Å². The maximum atomic E-state index is 13.4. The minimum absolute atomic E-state index is 0.0388. The van der Waals surface area contributed by atoms with E-state index in [0.717, 1.165) is 37.0 Å². The smallest absolute Gasteiger partial charge is 0.268 e. The third-order valence-corrected chi connectivity index (χ3v) is 6.20. The van der Waals surface area contributed by atoms with Gasteiger partial charge in [-0.1, -0.05) is 61.4 Å². The highest BCUT2D eigenvalue weighted by Gasteiger charge is 2.43. The van der Waals surface area contributed by atoms with Gasteiger partial charge in [-0.15, -0.1) is 0 Å². The lowest BCUT2D eigenvalue weighted by molar-refractivity contribution is -0.139. The molecule has 1 heterocycles. The van der Waals surface area contributed by atoms with Crippen LogP contribution in [0.2, 0.25) is 0 Å². The summed E-state index contributed by atoms with van der Waals surface area (Å²) in [5.41, 5.74) is 0.978. The van der Waals surface area contributed by atoms with Crippen LogP contribution >= 0.6 is 11.8 Å². The summed E-state index contributed by atoms with van der Waals surface area (Å²) in [6, 6.07) is 15.3. The minimum Gasteiger partial charge on any atom is -0.271 e. The summed E-state index contributed by atoms with van der Waals surface area (Å²) in [5, 5.41) is 0. The molecule has 2 amide bonds. The predicted octanol–water partition coefficient (Wildman–Crippen LogP) is 5.03. The van der Waals surface area contributed by atoms with Crippen molar-refractivity contribution in [3.8, 4) is 0 Å². The second-order valence-electron chi connectivity index (χ2n) is 6.90. The number of hydrogen-bond acceptors (Lipinski definition) is 3. The monoisotopic (exact) mass is 381 g/mol. The van der Waals surface area contributed by atoms with Crippen molar-refractivity contribution in [1.29, 1.82) is 0 Å². The maximum Gasteiger partial charge on any atom is 0.268 e. The molecule has 0 saturated heterocycles. The van der Waals surface area contributed by atoms with E-state index in [0.29, 0.717) is 16.0 Å². The number of imide groups is 1. The van der Waals surface area contributed by atoms with Crippen LogP contribution in [0.3, 0.4) is 0 Å². The Hall–Kier alpha value is -2.40. The van der Waals surface area contributed by atoms with Crippen molar-refractivity contribution in [2.24, 2.45) is 0 Å². The summed E-state index contributed by atoms with van der Waals surface area (Å²) < 4.78 is 13.4. The molecule has 0 bridgehead atoms. The normalized spacial score (nSPS) is 18.5. The van der Waals surface area contributed by atoms with Gasteiger partial charge in [0.1, 0.15) is 5.82 Å². The first-order valence-electron chi connectivity index (χ1n) is 9.26. The quantitative estimate of drug-likeness (QED) is 0.697. The third-order valence-electron chi connectivity index (χ3n) is 5.11. The van der Waals surface area contributed by atoms with Crippen molar-refractivity contribution in [2.75, 3.05) is 0 Å². The van der Waals surface area contributed by atoms with Crippen molar-refractivity contribution in [3.05, 3.63) is 70.9 Å². The number of amides is 2. The second-order valence-corrected chi connectivity index (χ2v) is 7.98. The van der Waals surface area contributed by atoms with E-state index < -0.39 is 0 Å². The number of thioether (sulfide) groups is 1. The molecule has 5 heteroatoms. The van der Waals surface area contributed by atoms with E-state index in [9.17, 15) is 14.0 Å². The summed E-state index contributed by atoms with van der Waals surface area (Å²) >= 11 is 1.31. The molecule has 27 heavy (non-hydrogen) atoms. The van der Waals surface area contributed by atoms with Crippen molar-refractivity contribution < 1.29 is 14.0 Å². The molecule has 1 aliphatic heterocycles. The average molecular weight is 381 g/mol. The SMILES string of the molecule is O=C1C(Sc2ccccc2)=C(c2ccc(F)cc2)C(=O)N1C1CCCCC1. The highest BCUT2D eigenvalue weighted by molar-refractivity contribution is 8.04. The van der Waals surface area contributed by atoms with Crippen molar-refractivity contribution >= 4 is 29.1 Å². The zero-order valence-corrected chi connectivity index (χ0v) is 15.7. The lowest BCUT2D eigenvalue weighted by atomic mass is 9.94. The Balaban J connectivity index is 1.75. The van der Waals surface area contributed by atoms with Gasteiger partial charge >= 0.3 is 0 Å². The lowest BCUT2D eigenvalue weighted by Crippen LogP contribution is -2.42. The van der Waals surface area contributed by atoms with Gasteiger partial charge < -0.3 is 0 Å². The Kier molecular flexibility index (Phi) is 5.12. The van der Waals surface area contributed by atoms with Crippen molar-refractivity contribution in [2.45, 2.75) is 43.0 Å². The average Bonchev–Trinajstić information content (AvgIpc) is 2.94. The first-order valence-corrected chi connectivity index (χ1v) is 10.1. The van der Waals surface area contributed by atoms with Gasteiger partial charge in [-0.05, 0) is 42.7 Å². The number of rotatable bonds is 4. The Morgan fingerprint density at radius 3 is 2.19 bits per heavy atom. The lowest BCUT2D eigenvalue weighted by Gasteiger charge is -2.29. The minimum atomic E-state index is -0.363. The largest absolute Gasteiger partial charge is 0.271 e. The van der Waals surface area contributed by atoms with Crippen molar-refractivity contribution in [1.82, 2.24) is 4.90 Å². The third kappa shape index (κ3) is 3.56. The summed E-state index contributed by atoms with van der Waals surface area (Å²) in [6.45, 7) is 0. The van der Waals surface area contributed by atoms with Crippen LogP contribution in [0.4, 0.5) is 4.39 Å².